The molecule has 1 aromatic carbocycles. The number of alkyl halides is 3. The number of benzene rings is 1. The van der Waals surface area contributed by atoms with Crippen molar-refractivity contribution in [3.63, 3.8) is 0 Å². The molecule has 3 nitrogen and oxygen atoms in total. The minimum Gasteiger partial charge on any atom is -0.267 e. The lowest BCUT2D eigenvalue weighted by Crippen LogP contribution is -2.34. The summed E-state index contributed by atoms with van der Waals surface area (Å²) in [7, 11) is 0. The summed E-state index contributed by atoms with van der Waals surface area (Å²) >= 11 is 0. The number of rotatable bonds is 2. The van der Waals surface area contributed by atoms with Crippen molar-refractivity contribution < 1.29 is 18.0 Å². The van der Waals surface area contributed by atoms with Gasteiger partial charge in [-0.3, -0.25) is 4.79 Å². The van der Waals surface area contributed by atoms with Crippen LogP contribution in [-0.4, -0.2) is 11.6 Å². The Bertz CT molecular complexity index is 691. The molecule has 2 aliphatic rings. The number of carbonyl (C=O) groups excluding carboxylic acids is 1. The average molecular weight is 338 g/mol. The van der Waals surface area contributed by atoms with Crippen LogP contribution in [0.1, 0.15) is 56.0 Å². The Kier molecular flexibility index (Phi) is 3.77. The van der Waals surface area contributed by atoms with Crippen molar-refractivity contribution in [2.45, 2.75) is 46.2 Å². The van der Waals surface area contributed by atoms with Crippen molar-refractivity contribution in [2.75, 3.05) is 0 Å². The van der Waals surface area contributed by atoms with E-state index in [1.54, 1.807) is 0 Å². The second-order valence-electron chi connectivity index (χ2n) is 7.57. The van der Waals surface area contributed by atoms with E-state index >= 15 is 0 Å². The number of hydrazone groups is 1. The molecule has 0 aromatic heterocycles. The number of amides is 1. The zero-order valence-corrected chi connectivity index (χ0v) is 14.0. The summed E-state index contributed by atoms with van der Waals surface area (Å²) < 4.78 is 37.7. The van der Waals surface area contributed by atoms with Gasteiger partial charge in [-0.25, -0.2) is 5.43 Å². The minimum absolute atomic E-state index is 0.0227. The van der Waals surface area contributed by atoms with Crippen molar-refractivity contribution in [3.8, 4) is 0 Å². The number of carbonyl (C=O) groups is 1. The molecule has 0 saturated heterocycles. The van der Waals surface area contributed by atoms with Gasteiger partial charge in [0, 0.05) is 16.7 Å². The van der Waals surface area contributed by atoms with Crippen LogP contribution in [-0.2, 0) is 6.18 Å². The normalized spacial score (nSPS) is 29.9. The first-order valence-corrected chi connectivity index (χ1v) is 8.10. The molecule has 2 fully saturated rings. The quantitative estimate of drug-likeness (QED) is 0.784. The van der Waals surface area contributed by atoms with Crippen LogP contribution in [0.5, 0.6) is 0 Å². The van der Waals surface area contributed by atoms with Gasteiger partial charge in [-0.1, -0.05) is 20.8 Å². The van der Waals surface area contributed by atoms with E-state index < -0.39 is 17.6 Å². The Morgan fingerprint density at radius 3 is 2.29 bits per heavy atom. The summed E-state index contributed by atoms with van der Waals surface area (Å²) in [6.07, 6.45) is -1.30. The molecule has 2 unspecified atom stereocenters. The van der Waals surface area contributed by atoms with Crippen LogP contribution in [0.3, 0.4) is 0 Å². The summed E-state index contributed by atoms with van der Waals surface area (Å²) in [5.74, 6) is 0.0876. The maximum Gasteiger partial charge on any atom is 0.416 e. The topological polar surface area (TPSA) is 41.5 Å². The van der Waals surface area contributed by atoms with Gasteiger partial charge < -0.3 is 0 Å². The number of nitrogens with zero attached hydrogens (tertiary/aromatic N) is 1. The van der Waals surface area contributed by atoms with Gasteiger partial charge in [0.2, 0.25) is 0 Å². The van der Waals surface area contributed by atoms with Crippen molar-refractivity contribution in [1.29, 1.82) is 0 Å². The van der Waals surface area contributed by atoms with E-state index in [1.165, 1.54) is 18.6 Å². The molecule has 0 aliphatic heterocycles. The van der Waals surface area contributed by atoms with Gasteiger partial charge in [0.05, 0.1) is 5.56 Å². The zero-order valence-electron chi connectivity index (χ0n) is 14.0. The van der Waals surface area contributed by atoms with Gasteiger partial charge in [0.15, 0.2) is 0 Å². The highest BCUT2D eigenvalue weighted by Gasteiger charge is 2.60. The first kappa shape index (κ1) is 17.0. The molecule has 0 heterocycles. The third-order valence-corrected chi connectivity index (χ3v) is 6.28. The van der Waals surface area contributed by atoms with Gasteiger partial charge in [-0.15, -0.1) is 0 Å². The lowest BCUT2D eigenvalue weighted by Gasteiger charge is -2.34. The lowest BCUT2D eigenvalue weighted by atomic mass is 9.70. The zero-order chi connectivity index (χ0) is 17.8. The molecule has 2 saturated carbocycles. The van der Waals surface area contributed by atoms with Gasteiger partial charge in [-0.2, -0.15) is 18.3 Å². The Hall–Kier alpha value is -1.85. The van der Waals surface area contributed by atoms with E-state index in [-0.39, 0.29) is 16.4 Å². The number of fused-ring (bicyclic) bond motifs is 2. The summed E-state index contributed by atoms with van der Waals surface area (Å²) in [6.45, 7) is 6.67. The Morgan fingerprint density at radius 2 is 1.83 bits per heavy atom. The van der Waals surface area contributed by atoms with E-state index in [1.807, 2.05) is 0 Å². The van der Waals surface area contributed by atoms with E-state index in [0.29, 0.717) is 5.92 Å². The molecule has 1 N–H and O–H groups in total. The highest BCUT2D eigenvalue weighted by molar-refractivity contribution is 5.98. The Labute approximate surface area is 139 Å². The largest absolute Gasteiger partial charge is 0.416 e. The van der Waals surface area contributed by atoms with Crippen molar-refractivity contribution in [2.24, 2.45) is 21.8 Å². The molecule has 2 atom stereocenters. The molecule has 0 spiro atoms. The molecule has 2 bridgehead atoms. The standard InChI is InChI=1S/C18H21F3N2O/c1-16(2)13-8-9-17(16,3)14(10-13)22-23-15(24)11-4-6-12(7-5-11)18(19,20)21/h4-7,13H,8-10H2,1-3H3,(H,23,24)/b22-14+. The van der Waals surface area contributed by atoms with Gasteiger partial charge in [-0.05, 0) is 54.9 Å². The van der Waals surface area contributed by atoms with E-state index in [0.717, 1.165) is 30.7 Å². The molecule has 2 aliphatic carbocycles. The second kappa shape index (κ2) is 5.33. The fourth-order valence-electron chi connectivity index (χ4n) is 4.09. The molecule has 3 rings (SSSR count). The maximum atomic E-state index is 12.6. The molecular weight excluding hydrogens is 317 g/mol. The maximum absolute atomic E-state index is 12.6. The average Bonchev–Trinajstić information content (AvgIpc) is 2.85. The van der Waals surface area contributed by atoms with Gasteiger partial charge >= 0.3 is 6.18 Å². The number of hydrogen-bond donors (Lipinski definition) is 1. The Balaban J connectivity index is 1.73. The Morgan fingerprint density at radius 1 is 1.21 bits per heavy atom. The van der Waals surface area contributed by atoms with Crippen LogP contribution < -0.4 is 5.43 Å². The van der Waals surface area contributed by atoms with E-state index in [9.17, 15) is 18.0 Å². The van der Waals surface area contributed by atoms with Crippen LogP contribution in [0, 0.1) is 16.7 Å². The third-order valence-electron chi connectivity index (χ3n) is 6.28. The first-order chi connectivity index (χ1) is 11.1. The molecule has 24 heavy (non-hydrogen) atoms. The predicted octanol–water partition coefficient (Wildman–Crippen LogP) is 4.64. The van der Waals surface area contributed by atoms with Crippen LogP contribution in [0.25, 0.3) is 0 Å². The number of nitrogens with one attached hydrogen (secondary N) is 1. The van der Waals surface area contributed by atoms with E-state index in [4.69, 9.17) is 0 Å². The summed E-state index contributed by atoms with van der Waals surface area (Å²) in [6, 6.07) is 4.16. The second-order valence-corrected chi connectivity index (χ2v) is 7.57. The summed E-state index contributed by atoms with van der Waals surface area (Å²) in [5, 5.41) is 4.32. The highest BCUT2D eigenvalue weighted by Crippen LogP contribution is 2.63. The fraction of sp³-hybridized carbons (Fsp3) is 0.556. The molecule has 6 heteroatoms. The number of halogens is 3. The monoisotopic (exact) mass is 338 g/mol. The number of hydrogen-bond acceptors (Lipinski definition) is 2. The van der Waals surface area contributed by atoms with Crippen LogP contribution >= 0.6 is 0 Å². The molecule has 1 aromatic rings. The highest BCUT2D eigenvalue weighted by atomic mass is 19.4. The molecule has 1 amide bonds. The molecule has 0 radical (unpaired) electrons. The smallest absolute Gasteiger partial charge is 0.267 e. The third kappa shape index (κ3) is 2.52. The lowest BCUT2D eigenvalue weighted by molar-refractivity contribution is -0.137. The fourth-order valence-corrected chi connectivity index (χ4v) is 4.09. The van der Waals surface area contributed by atoms with Crippen molar-refractivity contribution >= 4 is 11.6 Å². The van der Waals surface area contributed by atoms with Crippen molar-refractivity contribution in [1.82, 2.24) is 5.43 Å². The minimum atomic E-state index is -4.40. The predicted molar refractivity (Wildman–Crippen MR) is 85.6 cm³/mol. The first-order valence-electron chi connectivity index (χ1n) is 8.10. The summed E-state index contributed by atoms with van der Waals surface area (Å²) in [5.41, 5.74) is 3.04. The SMILES string of the molecule is CC12CCC(C/C1=N\NC(=O)c1ccc(C(F)(F)F)cc1)C2(C)C. The summed E-state index contributed by atoms with van der Waals surface area (Å²) in [4.78, 5) is 12.1. The van der Waals surface area contributed by atoms with Gasteiger partial charge in [0.25, 0.3) is 5.91 Å². The van der Waals surface area contributed by atoms with Gasteiger partial charge in [0.1, 0.15) is 0 Å². The van der Waals surface area contributed by atoms with E-state index in [2.05, 4.69) is 31.3 Å². The van der Waals surface area contributed by atoms with Crippen LogP contribution in [0.2, 0.25) is 0 Å². The molecular formula is C18H21F3N2O. The van der Waals surface area contributed by atoms with Crippen molar-refractivity contribution in [3.05, 3.63) is 35.4 Å². The van der Waals surface area contributed by atoms with Crippen LogP contribution in [0.15, 0.2) is 29.4 Å². The molecule has 130 valence electrons. The van der Waals surface area contributed by atoms with Crippen LogP contribution in [0.4, 0.5) is 13.2 Å².